The van der Waals surface area contributed by atoms with Gasteiger partial charge in [0, 0.05) is 5.56 Å². The maximum absolute atomic E-state index is 12.5. The lowest BCUT2D eigenvalue weighted by molar-refractivity contribution is -0.133. The van der Waals surface area contributed by atoms with Crippen molar-refractivity contribution in [3.05, 3.63) is 35.4 Å². The molecular formula is C19H30O4Si. The molecule has 0 N–H and O–H groups in total. The predicted octanol–water partition coefficient (Wildman–Crippen LogP) is 4.54. The molecular weight excluding hydrogens is 320 g/mol. The van der Waals surface area contributed by atoms with Crippen molar-refractivity contribution in [3.63, 3.8) is 0 Å². The van der Waals surface area contributed by atoms with Gasteiger partial charge in [0.25, 0.3) is 0 Å². The van der Waals surface area contributed by atoms with Crippen molar-refractivity contribution >= 4 is 14.1 Å². The van der Waals surface area contributed by atoms with Crippen molar-refractivity contribution in [2.75, 3.05) is 6.61 Å². The second-order valence-electron chi connectivity index (χ2n) is 8.43. The summed E-state index contributed by atoms with van der Waals surface area (Å²) in [6.45, 7) is 15.7. The number of ether oxygens (including phenoxy) is 2. The molecule has 4 nitrogen and oxygen atoms in total. The van der Waals surface area contributed by atoms with Gasteiger partial charge >= 0.3 is 0 Å². The third-order valence-corrected chi connectivity index (χ3v) is 9.42. The Balaban J connectivity index is 1.97. The van der Waals surface area contributed by atoms with Crippen LogP contribution in [0.15, 0.2) is 24.3 Å². The van der Waals surface area contributed by atoms with Gasteiger partial charge in [-0.25, -0.2) is 0 Å². The number of Topliss-reactive ketones (excluding diaryl/α,β-unsaturated/α-hetero) is 1. The largest absolute Gasteiger partial charge is 0.413 e. The second-order valence-corrected chi connectivity index (χ2v) is 13.2. The Kier molecular flexibility index (Phi) is 5.40. The van der Waals surface area contributed by atoms with Gasteiger partial charge in [-0.2, -0.15) is 0 Å². The lowest BCUT2D eigenvalue weighted by Crippen LogP contribution is -2.40. The van der Waals surface area contributed by atoms with E-state index in [2.05, 4.69) is 33.9 Å². The second kappa shape index (κ2) is 6.71. The van der Waals surface area contributed by atoms with Crippen LogP contribution in [0, 0.1) is 0 Å². The molecule has 5 heteroatoms. The van der Waals surface area contributed by atoms with Crippen LogP contribution in [0.3, 0.4) is 0 Å². The fourth-order valence-electron chi connectivity index (χ4n) is 2.25. The zero-order valence-electron chi connectivity index (χ0n) is 15.9. The molecule has 1 atom stereocenters. The molecule has 24 heavy (non-hydrogen) atoms. The molecule has 0 radical (unpaired) electrons. The van der Waals surface area contributed by atoms with Crippen molar-refractivity contribution in [1.82, 2.24) is 0 Å². The van der Waals surface area contributed by atoms with Gasteiger partial charge < -0.3 is 13.9 Å². The van der Waals surface area contributed by atoms with E-state index >= 15 is 0 Å². The van der Waals surface area contributed by atoms with Crippen molar-refractivity contribution in [3.8, 4) is 0 Å². The molecule has 1 aromatic carbocycles. The number of rotatable bonds is 5. The summed E-state index contributed by atoms with van der Waals surface area (Å²) in [7, 11) is -1.76. The zero-order valence-corrected chi connectivity index (χ0v) is 16.9. The van der Waals surface area contributed by atoms with Gasteiger partial charge in [-0.15, -0.1) is 0 Å². The smallest absolute Gasteiger partial charge is 0.194 e. The highest BCUT2D eigenvalue weighted by atomic mass is 28.4. The molecule has 0 aromatic heterocycles. The molecule has 1 aliphatic heterocycles. The van der Waals surface area contributed by atoms with Crippen LogP contribution in [0.5, 0.6) is 0 Å². The monoisotopic (exact) mass is 350 g/mol. The Morgan fingerprint density at radius 1 is 1.25 bits per heavy atom. The van der Waals surface area contributed by atoms with E-state index < -0.39 is 20.2 Å². The van der Waals surface area contributed by atoms with E-state index in [1.807, 2.05) is 38.1 Å². The van der Waals surface area contributed by atoms with Gasteiger partial charge in [-0.1, -0.05) is 45.0 Å². The number of carbonyl (C=O) groups excluding carboxylic acids is 1. The van der Waals surface area contributed by atoms with Crippen LogP contribution in [0.1, 0.15) is 50.5 Å². The minimum Gasteiger partial charge on any atom is -0.413 e. The minimum atomic E-state index is -1.76. The third kappa shape index (κ3) is 4.54. The van der Waals surface area contributed by atoms with E-state index in [-0.39, 0.29) is 10.8 Å². The quantitative estimate of drug-likeness (QED) is 0.577. The van der Waals surface area contributed by atoms with E-state index in [0.29, 0.717) is 18.8 Å². The lowest BCUT2D eigenvalue weighted by Gasteiger charge is -2.36. The van der Waals surface area contributed by atoms with E-state index in [4.69, 9.17) is 13.9 Å². The highest BCUT2D eigenvalue weighted by Crippen LogP contribution is 2.37. The summed E-state index contributed by atoms with van der Waals surface area (Å²) in [5.74, 6) is -0.713. The SMILES string of the molecule is CC1(C)OC[C@H](C(=O)c2ccc(CO[Si](C)(C)C(C)(C)C)cc2)O1. The van der Waals surface area contributed by atoms with Crippen LogP contribution in [-0.4, -0.2) is 32.6 Å². The van der Waals surface area contributed by atoms with E-state index in [1.165, 1.54) is 0 Å². The first-order valence-corrected chi connectivity index (χ1v) is 11.4. The minimum absolute atomic E-state index is 0.0301. The summed E-state index contributed by atoms with van der Waals surface area (Å²) in [5.41, 5.74) is 1.73. The Morgan fingerprint density at radius 3 is 2.29 bits per heavy atom. The first kappa shape index (κ1) is 19.3. The van der Waals surface area contributed by atoms with Crippen molar-refractivity contribution in [2.45, 2.75) is 71.2 Å². The molecule has 1 aliphatic rings. The fraction of sp³-hybridized carbons (Fsp3) is 0.632. The highest BCUT2D eigenvalue weighted by molar-refractivity contribution is 6.74. The van der Waals surface area contributed by atoms with Gasteiger partial charge in [0.05, 0.1) is 13.2 Å². The van der Waals surface area contributed by atoms with Gasteiger partial charge in [-0.3, -0.25) is 4.79 Å². The third-order valence-electron chi connectivity index (χ3n) is 4.95. The van der Waals surface area contributed by atoms with Gasteiger partial charge in [0.15, 0.2) is 19.9 Å². The van der Waals surface area contributed by atoms with Crippen LogP contribution < -0.4 is 0 Å². The van der Waals surface area contributed by atoms with Crippen LogP contribution in [0.25, 0.3) is 0 Å². The van der Waals surface area contributed by atoms with Gasteiger partial charge in [-0.05, 0) is 37.5 Å². The van der Waals surface area contributed by atoms with E-state index in [0.717, 1.165) is 5.56 Å². The summed E-state index contributed by atoms with van der Waals surface area (Å²) >= 11 is 0. The number of hydrogen-bond acceptors (Lipinski definition) is 4. The predicted molar refractivity (Wildman–Crippen MR) is 97.7 cm³/mol. The highest BCUT2D eigenvalue weighted by Gasteiger charge is 2.38. The molecule has 1 heterocycles. The molecule has 0 amide bonds. The Bertz CT molecular complexity index is 584. The molecule has 1 aromatic rings. The Labute approximate surface area is 146 Å². The molecule has 0 unspecified atom stereocenters. The van der Waals surface area contributed by atoms with Crippen LogP contribution in [0.4, 0.5) is 0 Å². The van der Waals surface area contributed by atoms with Gasteiger partial charge in [0.2, 0.25) is 0 Å². The standard InChI is InChI=1S/C19H30O4Si/c1-18(2,3)24(6,7)22-12-14-8-10-15(11-9-14)17(20)16-13-21-19(4,5)23-16/h8-11,16H,12-13H2,1-7H3/t16-/m1/s1. The molecule has 134 valence electrons. The number of benzene rings is 1. The topological polar surface area (TPSA) is 44.8 Å². The molecule has 2 rings (SSSR count). The molecule has 1 saturated heterocycles. The van der Waals surface area contributed by atoms with Crippen molar-refractivity contribution in [2.24, 2.45) is 0 Å². The summed E-state index contributed by atoms with van der Waals surface area (Å²) in [6, 6.07) is 7.62. The number of ketones is 1. The van der Waals surface area contributed by atoms with Crippen molar-refractivity contribution < 1.29 is 18.7 Å². The molecule has 0 aliphatic carbocycles. The van der Waals surface area contributed by atoms with Gasteiger partial charge in [0.1, 0.15) is 6.10 Å². The zero-order chi connectivity index (χ0) is 18.2. The summed E-state index contributed by atoms with van der Waals surface area (Å²) in [6.07, 6.45) is -0.519. The molecule has 0 spiro atoms. The average molecular weight is 351 g/mol. The van der Waals surface area contributed by atoms with Crippen LogP contribution >= 0.6 is 0 Å². The Morgan fingerprint density at radius 2 is 1.83 bits per heavy atom. The Hall–Kier alpha value is -1.01. The van der Waals surface area contributed by atoms with Crippen LogP contribution in [-0.2, 0) is 20.5 Å². The lowest BCUT2D eigenvalue weighted by atomic mass is 10.0. The fourth-order valence-corrected chi connectivity index (χ4v) is 3.21. The normalized spacial score (nSPS) is 21.0. The molecule has 1 fully saturated rings. The summed E-state index contributed by atoms with van der Waals surface area (Å²) in [5, 5.41) is 0.190. The molecule has 0 saturated carbocycles. The maximum Gasteiger partial charge on any atom is 0.194 e. The summed E-state index contributed by atoms with van der Waals surface area (Å²) in [4.78, 5) is 12.5. The number of carbonyl (C=O) groups is 1. The average Bonchev–Trinajstić information content (AvgIpc) is 2.84. The first-order valence-electron chi connectivity index (χ1n) is 8.50. The van der Waals surface area contributed by atoms with Crippen LogP contribution in [0.2, 0.25) is 18.1 Å². The summed E-state index contributed by atoms with van der Waals surface area (Å²) < 4.78 is 17.3. The van der Waals surface area contributed by atoms with E-state index in [1.54, 1.807) is 0 Å². The molecule has 0 bridgehead atoms. The number of hydrogen-bond donors (Lipinski definition) is 0. The van der Waals surface area contributed by atoms with E-state index in [9.17, 15) is 4.79 Å². The van der Waals surface area contributed by atoms with Crippen molar-refractivity contribution in [1.29, 1.82) is 0 Å². The maximum atomic E-state index is 12.5. The first-order chi connectivity index (χ1) is 10.9.